The van der Waals surface area contributed by atoms with E-state index in [1.165, 1.54) is 11.3 Å². The summed E-state index contributed by atoms with van der Waals surface area (Å²) in [6.45, 7) is 4.10. The molecular weight excluding hydrogens is 448 g/mol. The number of urea groups is 2. The van der Waals surface area contributed by atoms with Crippen molar-refractivity contribution in [3.8, 4) is 23.5 Å². The summed E-state index contributed by atoms with van der Waals surface area (Å²) in [6.07, 6.45) is 5.34. The Bertz CT molecular complexity index is 1240. The minimum absolute atomic E-state index is 0.0516. The van der Waals surface area contributed by atoms with Crippen molar-refractivity contribution in [3.05, 3.63) is 58.9 Å². The van der Waals surface area contributed by atoms with Crippen LogP contribution >= 0.6 is 11.3 Å². The molecule has 0 unspecified atom stereocenters. The van der Waals surface area contributed by atoms with Gasteiger partial charge in [-0.05, 0) is 41.3 Å². The molecule has 0 saturated carbocycles. The van der Waals surface area contributed by atoms with Gasteiger partial charge in [0.25, 0.3) is 0 Å². The van der Waals surface area contributed by atoms with Crippen LogP contribution in [0.1, 0.15) is 5.01 Å². The van der Waals surface area contributed by atoms with Gasteiger partial charge in [0.05, 0.1) is 0 Å². The fourth-order valence-electron chi connectivity index (χ4n) is 4.19. The number of amides is 4. The Hall–Kier alpha value is -4.03. The molecule has 0 radical (unpaired) electrons. The lowest BCUT2D eigenvalue weighted by Crippen LogP contribution is -2.50. The van der Waals surface area contributed by atoms with Crippen molar-refractivity contribution >= 4 is 40.6 Å². The number of piperazine rings is 1. The van der Waals surface area contributed by atoms with E-state index in [0.717, 1.165) is 35.6 Å². The van der Waals surface area contributed by atoms with Crippen molar-refractivity contribution in [3.63, 3.8) is 0 Å². The normalized spacial score (nSPS) is 15.7. The lowest BCUT2D eigenvalue weighted by Gasteiger charge is -2.36. The number of carbonyl (C=O) groups is 2. The molecule has 0 spiro atoms. The van der Waals surface area contributed by atoms with Crippen molar-refractivity contribution < 1.29 is 9.59 Å². The molecule has 2 fully saturated rings. The van der Waals surface area contributed by atoms with Crippen molar-refractivity contribution in [1.29, 1.82) is 0 Å². The Morgan fingerprint density at radius 1 is 1.03 bits per heavy atom. The van der Waals surface area contributed by atoms with Gasteiger partial charge in [0, 0.05) is 56.0 Å². The van der Waals surface area contributed by atoms with Crippen LogP contribution in [0.15, 0.2) is 53.9 Å². The van der Waals surface area contributed by atoms with Crippen LogP contribution in [-0.2, 0) is 0 Å². The van der Waals surface area contributed by atoms with Crippen LogP contribution in [0.25, 0.3) is 11.1 Å². The zero-order chi connectivity index (χ0) is 23.5. The zero-order valence-corrected chi connectivity index (χ0v) is 19.3. The molecule has 0 atom stereocenters. The van der Waals surface area contributed by atoms with Gasteiger partial charge in [-0.2, -0.15) is 0 Å². The van der Waals surface area contributed by atoms with E-state index in [0.29, 0.717) is 37.0 Å². The highest BCUT2D eigenvalue weighted by Crippen LogP contribution is 2.28. The van der Waals surface area contributed by atoms with Gasteiger partial charge in [-0.3, -0.25) is 10.2 Å². The number of thiazole rings is 1. The number of benzene rings is 2. The molecule has 8 nitrogen and oxygen atoms in total. The number of aromatic nitrogens is 1. The topological polar surface area (TPSA) is 80.8 Å². The minimum atomic E-state index is -0.157. The largest absolute Gasteiger partial charge is 0.368 e. The van der Waals surface area contributed by atoms with Gasteiger partial charge in [0.2, 0.25) is 0 Å². The molecule has 3 heterocycles. The Morgan fingerprint density at radius 2 is 1.82 bits per heavy atom. The number of hydrogen-bond donors (Lipinski definition) is 2. The first kappa shape index (κ1) is 21.8. The van der Waals surface area contributed by atoms with E-state index in [1.54, 1.807) is 15.2 Å². The summed E-state index contributed by atoms with van der Waals surface area (Å²) in [7, 11) is 0. The predicted octanol–water partition coefficient (Wildman–Crippen LogP) is 3.68. The molecule has 0 bridgehead atoms. The van der Waals surface area contributed by atoms with E-state index in [-0.39, 0.29) is 12.1 Å². The third kappa shape index (κ3) is 4.54. The van der Waals surface area contributed by atoms with Crippen molar-refractivity contribution in [2.75, 3.05) is 54.4 Å². The molecule has 2 N–H and O–H groups in total. The Morgan fingerprint density at radius 3 is 2.50 bits per heavy atom. The van der Waals surface area contributed by atoms with Gasteiger partial charge in [-0.25, -0.2) is 14.6 Å². The van der Waals surface area contributed by atoms with Gasteiger partial charge in [0.1, 0.15) is 5.82 Å². The van der Waals surface area contributed by atoms with Crippen LogP contribution in [0.5, 0.6) is 0 Å². The Kier molecular flexibility index (Phi) is 6.06. The first-order chi connectivity index (χ1) is 16.6. The molecule has 5 rings (SSSR count). The fourth-order valence-corrected chi connectivity index (χ4v) is 4.74. The summed E-state index contributed by atoms with van der Waals surface area (Å²) in [6, 6.07) is 16.2. The molecule has 172 valence electrons. The molecule has 4 amide bonds. The zero-order valence-electron chi connectivity index (χ0n) is 18.5. The quantitative estimate of drug-likeness (QED) is 0.568. The summed E-state index contributed by atoms with van der Waals surface area (Å²) >= 11 is 1.33. The van der Waals surface area contributed by atoms with Gasteiger partial charge in [0.15, 0.2) is 5.01 Å². The van der Waals surface area contributed by atoms with Crippen LogP contribution < -0.4 is 20.4 Å². The number of anilines is 3. The number of hydrogen-bond acceptors (Lipinski definition) is 5. The monoisotopic (exact) mass is 472 g/mol. The predicted molar refractivity (Wildman–Crippen MR) is 135 cm³/mol. The lowest BCUT2D eigenvalue weighted by atomic mass is 10.0. The maximum Gasteiger partial charge on any atom is 0.323 e. The SMILES string of the molecule is C#Cc1nc(NC(=O)N2CCN(c3ccc(-c4cccc(N5CCNC5=O)c4)cc3)CC2)cs1. The average Bonchev–Trinajstić information content (AvgIpc) is 3.53. The first-order valence-electron chi connectivity index (χ1n) is 11.1. The second-order valence-corrected chi connectivity index (χ2v) is 8.93. The smallest absolute Gasteiger partial charge is 0.323 e. The molecule has 2 aromatic carbocycles. The number of nitrogens with one attached hydrogen (secondary N) is 2. The summed E-state index contributed by atoms with van der Waals surface area (Å²) in [5, 5.41) is 7.96. The molecule has 2 aliphatic rings. The summed E-state index contributed by atoms with van der Waals surface area (Å²) in [5.74, 6) is 2.97. The van der Waals surface area contributed by atoms with E-state index < -0.39 is 0 Å². The van der Waals surface area contributed by atoms with E-state index in [4.69, 9.17) is 6.42 Å². The summed E-state index contributed by atoms with van der Waals surface area (Å²) in [5.41, 5.74) is 4.19. The van der Waals surface area contributed by atoms with Gasteiger partial charge < -0.3 is 15.1 Å². The molecule has 2 saturated heterocycles. The molecular formula is C25H24N6O2S. The van der Waals surface area contributed by atoms with Gasteiger partial charge in [-0.1, -0.05) is 24.3 Å². The number of carbonyl (C=O) groups excluding carboxylic acids is 2. The summed E-state index contributed by atoms with van der Waals surface area (Å²) < 4.78 is 0. The Balaban J connectivity index is 1.19. The minimum Gasteiger partial charge on any atom is -0.368 e. The van der Waals surface area contributed by atoms with Crippen LogP contribution in [-0.4, -0.2) is 61.2 Å². The highest BCUT2D eigenvalue weighted by atomic mass is 32.1. The van der Waals surface area contributed by atoms with Crippen LogP contribution in [0.2, 0.25) is 0 Å². The molecule has 3 aromatic rings. The molecule has 0 aliphatic carbocycles. The van der Waals surface area contributed by atoms with E-state index in [9.17, 15) is 9.59 Å². The second kappa shape index (κ2) is 9.45. The van der Waals surface area contributed by atoms with Crippen LogP contribution in [0.3, 0.4) is 0 Å². The second-order valence-electron chi connectivity index (χ2n) is 8.07. The lowest BCUT2D eigenvalue weighted by molar-refractivity contribution is 0.208. The highest BCUT2D eigenvalue weighted by molar-refractivity contribution is 7.10. The third-order valence-electron chi connectivity index (χ3n) is 6.01. The molecule has 9 heteroatoms. The molecule has 34 heavy (non-hydrogen) atoms. The fraction of sp³-hybridized carbons (Fsp3) is 0.240. The van der Waals surface area contributed by atoms with Crippen LogP contribution in [0, 0.1) is 12.3 Å². The number of rotatable bonds is 4. The van der Waals surface area contributed by atoms with Crippen molar-refractivity contribution in [2.45, 2.75) is 0 Å². The van der Waals surface area contributed by atoms with Gasteiger partial charge >= 0.3 is 12.1 Å². The van der Waals surface area contributed by atoms with E-state index in [2.05, 4.69) is 56.8 Å². The van der Waals surface area contributed by atoms with E-state index in [1.807, 2.05) is 18.2 Å². The third-order valence-corrected chi connectivity index (χ3v) is 6.78. The van der Waals surface area contributed by atoms with Crippen LogP contribution in [0.4, 0.5) is 26.8 Å². The number of nitrogens with zero attached hydrogens (tertiary/aromatic N) is 4. The maximum atomic E-state index is 12.5. The maximum absolute atomic E-state index is 12.5. The van der Waals surface area contributed by atoms with Crippen molar-refractivity contribution in [1.82, 2.24) is 15.2 Å². The number of terminal acetylenes is 1. The Labute approximate surface area is 202 Å². The standard InChI is InChI=1S/C25H24N6O2S/c1-2-23-27-22(17-34-23)28-25(33)30-14-12-29(13-15-30)20-8-6-18(7-9-20)19-4-3-5-21(16-19)31-11-10-26-24(31)32/h1,3-9,16-17H,10-15H2,(H,26,32)(H,28,33). The molecule has 1 aromatic heterocycles. The molecule has 2 aliphatic heterocycles. The summed E-state index contributed by atoms with van der Waals surface area (Å²) in [4.78, 5) is 34.5. The van der Waals surface area contributed by atoms with E-state index >= 15 is 0 Å². The van der Waals surface area contributed by atoms with Gasteiger partial charge in [-0.15, -0.1) is 17.8 Å². The average molecular weight is 473 g/mol. The highest BCUT2D eigenvalue weighted by Gasteiger charge is 2.23. The first-order valence-corrected chi connectivity index (χ1v) is 12.0. The van der Waals surface area contributed by atoms with Crippen molar-refractivity contribution in [2.24, 2.45) is 0 Å².